The largest absolute Gasteiger partial charge is 0.353 e. The number of para-hydroxylation sites is 1. The Bertz CT molecular complexity index is 1360. The Labute approximate surface area is 198 Å². The molecule has 0 N–H and O–H groups in total. The van der Waals surface area contributed by atoms with E-state index in [-0.39, 0.29) is 5.91 Å². The van der Waals surface area contributed by atoms with Gasteiger partial charge in [-0.25, -0.2) is 9.67 Å². The highest BCUT2D eigenvalue weighted by molar-refractivity contribution is 6.00. The van der Waals surface area contributed by atoms with Crippen molar-refractivity contribution < 1.29 is 4.79 Å². The van der Waals surface area contributed by atoms with Crippen molar-refractivity contribution in [3.63, 3.8) is 0 Å². The zero-order valence-corrected chi connectivity index (χ0v) is 18.9. The molecular formula is C27H24N6O. The summed E-state index contributed by atoms with van der Waals surface area (Å²) in [6.45, 7) is 4.48. The van der Waals surface area contributed by atoms with E-state index < -0.39 is 0 Å². The van der Waals surface area contributed by atoms with Crippen LogP contribution in [0.15, 0.2) is 79.1 Å². The topological polar surface area (TPSA) is 78.0 Å². The van der Waals surface area contributed by atoms with Gasteiger partial charge in [0.25, 0.3) is 5.91 Å². The summed E-state index contributed by atoms with van der Waals surface area (Å²) >= 11 is 0. The van der Waals surface area contributed by atoms with Crippen molar-refractivity contribution in [1.82, 2.24) is 19.7 Å². The van der Waals surface area contributed by atoms with E-state index in [1.54, 1.807) is 23.0 Å². The van der Waals surface area contributed by atoms with E-state index in [1.807, 2.05) is 66.6 Å². The molecule has 2 aromatic carbocycles. The first-order valence-corrected chi connectivity index (χ1v) is 11.2. The normalized spacial score (nSPS) is 13.5. The monoisotopic (exact) mass is 448 g/mol. The average Bonchev–Trinajstić information content (AvgIpc) is 3.35. The van der Waals surface area contributed by atoms with Crippen LogP contribution in [0.1, 0.15) is 21.5 Å². The highest BCUT2D eigenvalue weighted by Crippen LogP contribution is 2.26. The molecular weight excluding hydrogens is 424 g/mol. The quantitative estimate of drug-likeness (QED) is 0.470. The van der Waals surface area contributed by atoms with E-state index in [0.717, 1.165) is 22.6 Å². The van der Waals surface area contributed by atoms with Gasteiger partial charge >= 0.3 is 0 Å². The summed E-state index contributed by atoms with van der Waals surface area (Å²) in [4.78, 5) is 22.0. The van der Waals surface area contributed by atoms with Gasteiger partial charge in [-0.15, -0.1) is 0 Å². The molecule has 1 fully saturated rings. The van der Waals surface area contributed by atoms with Crippen LogP contribution in [-0.2, 0) is 0 Å². The van der Waals surface area contributed by atoms with Gasteiger partial charge in [0.05, 0.1) is 22.9 Å². The zero-order valence-electron chi connectivity index (χ0n) is 18.9. The third kappa shape index (κ3) is 4.26. The molecule has 2 aromatic heterocycles. The van der Waals surface area contributed by atoms with E-state index >= 15 is 0 Å². The predicted molar refractivity (Wildman–Crippen MR) is 131 cm³/mol. The molecule has 168 valence electrons. The molecule has 5 rings (SSSR count). The molecule has 1 aliphatic rings. The lowest BCUT2D eigenvalue weighted by atomic mass is 10.0. The number of nitrogens with zero attached hydrogens (tertiary/aromatic N) is 6. The third-order valence-corrected chi connectivity index (χ3v) is 6.02. The number of carbonyl (C=O) groups is 1. The number of hydrogen-bond donors (Lipinski definition) is 0. The van der Waals surface area contributed by atoms with Crippen LogP contribution >= 0.6 is 0 Å². The van der Waals surface area contributed by atoms with E-state index in [9.17, 15) is 4.79 Å². The van der Waals surface area contributed by atoms with Crippen LogP contribution in [-0.4, -0.2) is 51.8 Å². The van der Waals surface area contributed by atoms with Gasteiger partial charge in [0, 0.05) is 44.1 Å². The number of benzene rings is 2. The molecule has 3 heterocycles. The summed E-state index contributed by atoms with van der Waals surface area (Å²) in [6, 6.07) is 23.5. The molecule has 1 saturated heterocycles. The molecule has 0 radical (unpaired) electrons. The van der Waals surface area contributed by atoms with Gasteiger partial charge in [-0.1, -0.05) is 42.0 Å². The van der Waals surface area contributed by atoms with E-state index in [4.69, 9.17) is 10.4 Å². The van der Waals surface area contributed by atoms with Gasteiger partial charge in [-0.05, 0) is 37.3 Å². The van der Waals surface area contributed by atoms with Gasteiger partial charge in [0.2, 0.25) is 0 Å². The minimum atomic E-state index is -0.0305. The smallest absolute Gasteiger partial charge is 0.257 e. The fourth-order valence-electron chi connectivity index (χ4n) is 4.22. The molecule has 4 aromatic rings. The summed E-state index contributed by atoms with van der Waals surface area (Å²) in [5.74, 6) is 0.737. The lowest BCUT2D eigenvalue weighted by Crippen LogP contribution is -2.49. The second-order valence-corrected chi connectivity index (χ2v) is 8.33. The first-order valence-electron chi connectivity index (χ1n) is 11.2. The van der Waals surface area contributed by atoms with Gasteiger partial charge in [-0.3, -0.25) is 4.79 Å². The minimum Gasteiger partial charge on any atom is -0.353 e. The fourth-order valence-corrected chi connectivity index (χ4v) is 4.22. The second kappa shape index (κ2) is 9.20. The third-order valence-electron chi connectivity index (χ3n) is 6.02. The van der Waals surface area contributed by atoms with Crippen molar-refractivity contribution in [2.24, 2.45) is 0 Å². The number of piperazine rings is 1. The summed E-state index contributed by atoms with van der Waals surface area (Å²) < 4.78 is 1.78. The lowest BCUT2D eigenvalue weighted by molar-refractivity contribution is 0.0747. The van der Waals surface area contributed by atoms with Crippen molar-refractivity contribution in [3.05, 3.63) is 95.8 Å². The summed E-state index contributed by atoms with van der Waals surface area (Å²) in [7, 11) is 0. The fraction of sp³-hybridized carbons (Fsp3) is 0.185. The van der Waals surface area contributed by atoms with Gasteiger partial charge in [0.15, 0.2) is 0 Å². The van der Waals surface area contributed by atoms with Crippen molar-refractivity contribution in [2.75, 3.05) is 31.1 Å². The zero-order chi connectivity index (χ0) is 23.5. The van der Waals surface area contributed by atoms with Crippen molar-refractivity contribution in [1.29, 1.82) is 5.26 Å². The van der Waals surface area contributed by atoms with E-state index in [0.29, 0.717) is 43.0 Å². The highest BCUT2D eigenvalue weighted by Gasteiger charge is 2.27. The summed E-state index contributed by atoms with van der Waals surface area (Å²) in [5.41, 5.74) is 4.80. The van der Waals surface area contributed by atoms with E-state index in [1.165, 1.54) is 0 Å². The second-order valence-electron chi connectivity index (χ2n) is 8.33. The molecule has 0 spiro atoms. The van der Waals surface area contributed by atoms with Crippen LogP contribution < -0.4 is 4.90 Å². The van der Waals surface area contributed by atoms with Crippen LogP contribution in [0.25, 0.3) is 16.9 Å². The van der Waals surface area contributed by atoms with E-state index in [2.05, 4.69) is 22.0 Å². The highest BCUT2D eigenvalue weighted by atomic mass is 16.2. The number of aromatic nitrogens is 3. The molecule has 0 saturated carbocycles. The molecule has 0 bridgehead atoms. The van der Waals surface area contributed by atoms with Crippen molar-refractivity contribution in [2.45, 2.75) is 6.92 Å². The van der Waals surface area contributed by atoms with Crippen LogP contribution in [0.2, 0.25) is 0 Å². The molecule has 34 heavy (non-hydrogen) atoms. The molecule has 0 unspecified atom stereocenters. The molecule has 7 heteroatoms. The Morgan fingerprint density at radius 2 is 1.76 bits per heavy atom. The molecule has 0 atom stereocenters. The Balaban J connectivity index is 1.42. The predicted octanol–water partition coefficient (Wildman–Crippen LogP) is 4.08. The van der Waals surface area contributed by atoms with Crippen molar-refractivity contribution in [3.8, 4) is 23.0 Å². The number of nitriles is 1. The Morgan fingerprint density at radius 3 is 2.50 bits per heavy atom. The Kier molecular flexibility index (Phi) is 5.79. The lowest BCUT2D eigenvalue weighted by Gasteiger charge is -2.35. The molecule has 0 aliphatic carbocycles. The number of anilines is 1. The maximum Gasteiger partial charge on any atom is 0.257 e. The van der Waals surface area contributed by atoms with Gasteiger partial charge < -0.3 is 9.80 Å². The number of hydrogen-bond acceptors (Lipinski definition) is 5. The number of rotatable bonds is 4. The molecule has 1 aliphatic heterocycles. The van der Waals surface area contributed by atoms with Crippen LogP contribution in [0.4, 0.5) is 5.82 Å². The number of aryl methyl sites for hydroxylation is 1. The Hall–Kier alpha value is -4.44. The maximum absolute atomic E-state index is 13.7. The number of pyridine rings is 1. The van der Waals surface area contributed by atoms with Gasteiger partial charge in [0.1, 0.15) is 11.5 Å². The van der Waals surface area contributed by atoms with Crippen LogP contribution in [0, 0.1) is 18.3 Å². The SMILES string of the molecule is Cc1cccc(-c2nn(-c3ccccc3)cc2C(=O)N2CCN(c3cc(C#N)ccn3)CC2)c1. The van der Waals surface area contributed by atoms with Crippen LogP contribution in [0.3, 0.4) is 0 Å². The molecule has 7 nitrogen and oxygen atoms in total. The molecule has 1 amide bonds. The maximum atomic E-state index is 13.7. The standard InChI is InChI=1S/C27H24N6O/c1-20-6-5-7-22(16-20)26-24(19-33(30-26)23-8-3-2-4-9-23)27(34)32-14-12-31(13-15-32)25-17-21(18-28)10-11-29-25/h2-11,16-17,19H,12-15H2,1H3. The summed E-state index contributed by atoms with van der Waals surface area (Å²) in [5, 5.41) is 14.0. The average molecular weight is 449 g/mol. The minimum absolute atomic E-state index is 0.0305. The first-order chi connectivity index (χ1) is 16.6. The van der Waals surface area contributed by atoms with Crippen LogP contribution in [0.5, 0.6) is 0 Å². The Morgan fingerprint density at radius 1 is 0.971 bits per heavy atom. The van der Waals surface area contributed by atoms with Crippen molar-refractivity contribution >= 4 is 11.7 Å². The number of carbonyl (C=O) groups excluding carboxylic acids is 1. The van der Waals surface area contributed by atoms with Gasteiger partial charge in [-0.2, -0.15) is 10.4 Å². The summed E-state index contributed by atoms with van der Waals surface area (Å²) in [6.07, 6.45) is 3.48. The first kappa shape index (κ1) is 21.4. The number of amides is 1.